The van der Waals surface area contributed by atoms with E-state index < -0.39 is 60.2 Å². The molecule has 3 amide bonds. The molecule has 44 heavy (non-hydrogen) atoms. The van der Waals surface area contributed by atoms with Gasteiger partial charge in [0, 0.05) is 19.3 Å². The number of amides is 3. The zero-order valence-corrected chi connectivity index (χ0v) is 23.9. The Morgan fingerprint density at radius 3 is 1.48 bits per heavy atom. The van der Waals surface area contributed by atoms with Crippen LogP contribution in [0.3, 0.4) is 0 Å². The topological polar surface area (TPSA) is 208 Å². The maximum atomic E-state index is 13.7. The largest absolute Gasteiger partial charge is 0.508 e. The summed E-state index contributed by atoms with van der Waals surface area (Å²) in [6.45, 7) is 0. The first kappa shape index (κ1) is 33.3. The summed E-state index contributed by atoms with van der Waals surface area (Å²) in [5.41, 5.74) is 8.24. The van der Waals surface area contributed by atoms with E-state index in [1.54, 1.807) is 72.8 Å². The Morgan fingerprint density at radius 2 is 1.02 bits per heavy atom. The Balaban J connectivity index is 1.81. The Morgan fingerprint density at radius 1 is 0.591 bits per heavy atom. The number of nitrogens with one attached hydrogen (secondary N) is 3. The summed E-state index contributed by atoms with van der Waals surface area (Å²) in [7, 11) is 0. The molecular formula is C32H36N4O8. The van der Waals surface area contributed by atoms with E-state index in [0.717, 1.165) is 5.56 Å². The van der Waals surface area contributed by atoms with E-state index in [1.807, 2.05) is 0 Å². The second-order valence-electron chi connectivity index (χ2n) is 10.3. The zero-order chi connectivity index (χ0) is 32.1. The molecule has 12 heteroatoms. The molecule has 3 rings (SSSR count). The van der Waals surface area contributed by atoms with E-state index in [-0.39, 0.29) is 31.4 Å². The molecule has 8 N–H and O–H groups in total. The van der Waals surface area contributed by atoms with Crippen LogP contribution in [0, 0.1) is 0 Å². The number of phenolic OH excluding ortho intramolecular Hbond substituents is 1. The molecule has 0 bridgehead atoms. The normalized spacial score (nSPS) is 13.5. The minimum atomic E-state index is -1.49. The number of hydrogen-bond acceptors (Lipinski definition) is 7. The standard InChI is InChI=1S/C32H36N4O8/c33-24(17-22-11-13-23(37)14-12-22)29(40)35-26(18-20-7-3-1-4-8-20)31(42)36-27(19-21-9-5-2-6-10-21)30(41)34-25(32(43)44)15-16-28(38)39/h1-14,24-27,37H,15-19,33H2,(H,34,41)(H,35,40)(H,36,42)(H,38,39)(H,43,44). The van der Waals surface area contributed by atoms with Crippen LogP contribution in [-0.4, -0.2) is 69.1 Å². The van der Waals surface area contributed by atoms with Gasteiger partial charge in [0.1, 0.15) is 23.9 Å². The molecule has 0 fully saturated rings. The van der Waals surface area contributed by atoms with Gasteiger partial charge < -0.3 is 37.0 Å². The molecule has 0 spiro atoms. The number of aromatic hydroxyl groups is 1. The summed E-state index contributed by atoms with van der Waals surface area (Å²) in [5.74, 6) is -4.71. The quantitative estimate of drug-likeness (QED) is 0.125. The van der Waals surface area contributed by atoms with E-state index in [2.05, 4.69) is 16.0 Å². The summed E-state index contributed by atoms with van der Waals surface area (Å²) in [6.07, 6.45) is -0.634. The molecule has 4 unspecified atom stereocenters. The van der Waals surface area contributed by atoms with Gasteiger partial charge in [0.05, 0.1) is 6.04 Å². The molecule has 0 aromatic heterocycles. The molecule has 0 aliphatic rings. The fourth-order valence-electron chi connectivity index (χ4n) is 4.45. The smallest absolute Gasteiger partial charge is 0.326 e. The lowest BCUT2D eigenvalue weighted by Gasteiger charge is -2.25. The number of benzene rings is 3. The van der Waals surface area contributed by atoms with Crippen LogP contribution in [0.25, 0.3) is 0 Å². The van der Waals surface area contributed by atoms with Gasteiger partial charge >= 0.3 is 11.9 Å². The first-order chi connectivity index (χ1) is 21.0. The molecule has 3 aromatic rings. The predicted molar refractivity (Wildman–Crippen MR) is 160 cm³/mol. The molecule has 12 nitrogen and oxygen atoms in total. The highest BCUT2D eigenvalue weighted by Gasteiger charge is 2.31. The van der Waals surface area contributed by atoms with Crippen LogP contribution < -0.4 is 21.7 Å². The van der Waals surface area contributed by atoms with Gasteiger partial charge in [-0.1, -0.05) is 72.8 Å². The van der Waals surface area contributed by atoms with Crippen molar-refractivity contribution in [2.24, 2.45) is 5.73 Å². The monoisotopic (exact) mass is 604 g/mol. The molecule has 0 heterocycles. The van der Waals surface area contributed by atoms with Crippen LogP contribution in [0.4, 0.5) is 0 Å². The van der Waals surface area contributed by atoms with Crippen molar-refractivity contribution >= 4 is 29.7 Å². The van der Waals surface area contributed by atoms with Gasteiger partial charge in [0.25, 0.3) is 0 Å². The molecule has 0 aliphatic heterocycles. The lowest BCUT2D eigenvalue weighted by molar-refractivity contribution is -0.143. The number of carbonyl (C=O) groups excluding carboxylic acids is 3. The van der Waals surface area contributed by atoms with Gasteiger partial charge in [-0.25, -0.2) is 4.79 Å². The SMILES string of the molecule is NC(Cc1ccc(O)cc1)C(=O)NC(Cc1ccccc1)C(=O)NC(Cc1ccccc1)C(=O)NC(CCC(=O)O)C(=O)O. The van der Waals surface area contributed by atoms with Crippen molar-refractivity contribution in [1.82, 2.24) is 16.0 Å². The van der Waals surface area contributed by atoms with E-state index in [9.17, 15) is 34.2 Å². The maximum Gasteiger partial charge on any atom is 0.326 e. The number of hydrogen-bond donors (Lipinski definition) is 7. The van der Waals surface area contributed by atoms with E-state index in [1.165, 1.54) is 12.1 Å². The highest BCUT2D eigenvalue weighted by molar-refractivity contribution is 5.94. The Bertz CT molecular complexity index is 1420. The average molecular weight is 605 g/mol. The summed E-state index contributed by atoms with van der Waals surface area (Å²) in [4.78, 5) is 62.8. The summed E-state index contributed by atoms with van der Waals surface area (Å²) in [6, 6.07) is 18.9. The number of phenols is 1. The van der Waals surface area contributed by atoms with Gasteiger partial charge in [-0.05, 0) is 41.7 Å². The van der Waals surface area contributed by atoms with Crippen molar-refractivity contribution in [2.75, 3.05) is 0 Å². The third-order valence-corrected chi connectivity index (χ3v) is 6.82. The van der Waals surface area contributed by atoms with Gasteiger partial charge in [0.15, 0.2) is 0 Å². The fraction of sp³-hybridized carbons (Fsp3) is 0.281. The third kappa shape index (κ3) is 10.9. The molecule has 0 saturated heterocycles. The average Bonchev–Trinajstić information content (AvgIpc) is 3.00. The Labute approximate surface area is 254 Å². The van der Waals surface area contributed by atoms with Gasteiger partial charge in [-0.15, -0.1) is 0 Å². The predicted octanol–water partition coefficient (Wildman–Crippen LogP) is 1.15. The lowest BCUT2D eigenvalue weighted by atomic mass is 10.0. The minimum Gasteiger partial charge on any atom is -0.508 e. The Hall–Kier alpha value is -5.23. The first-order valence-corrected chi connectivity index (χ1v) is 14.0. The number of aliphatic carboxylic acids is 2. The molecule has 0 aliphatic carbocycles. The van der Waals surface area contributed by atoms with Crippen molar-refractivity contribution < 1.29 is 39.3 Å². The summed E-state index contributed by atoms with van der Waals surface area (Å²) in [5, 5.41) is 35.7. The van der Waals surface area contributed by atoms with Crippen LogP contribution in [0.15, 0.2) is 84.9 Å². The Kier molecular flexibility index (Phi) is 12.4. The fourth-order valence-corrected chi connectivity index (χ4v) is 4.45. The summed E-state index contributed by atoms with van der Waals surface area (Å²) < 4.78 is 0. The van der Waals surface area contributed by atoms with Crippen molar-refractivity contribution in [1.29, 1.82) is 0 Å². The van der Waals surface area contributed by atoms with Gasteiger partial charge in [0.2, 0.25) is 17.7 Å². The number of carboxylic acids is 2. The lowest BCUT2D eigenvalue weighted by Crippen LogP contribution is -2.58. The van der Waals surface area contributed by atoms with Crippen LogP contribution in [0.1, 0.15) is 29.5 Å². The zero-order valence-electron chi connectivity index (χ0n) is 23.9. The number of nitrogens with two attached hydrogens (primary N) is 1. The van der Waals surface area contributed by atoms with Gasteiger partial charge in [-0.2, -0.15) is 0 Å². The molecule has 0 saturated carbocycles. The van der Waals surface area contributed by atoms with Crippen LogP contribution in [0.5, 0.6) is 5.75 Å². The van der Waals surface area contributed by atoms with E-state index >= 15 is 0 Å². The van der Waals surface area contributed by atoms with E-state index in [0.29, 0.717) is 11.1 Å². The molecule has 232 valence electrons. The molecule has 4 atom stereocenters. The number of carbonyl (C=O) groups is 5. The van der Waals surface area contributed by atoms with Crippen molar-refractivity contribution in [2.45, 2.75) is 56.3 Å². The first-order valence-electron chi connectivity index (χ1n) is 14.0. The van der Waals surface area contributed by atoms with Crippen molar-refractivity contribution in [3.8, 4) is 5.75 Å². The second-order valence-corrected chi connectivity index (χ2v) is 10.3. The highest BCUT2D eigenvalue weighted by Crippen LogP contribution is 2.12. The highest BCUT2D eigenvalue weighted by atomic mass is 16.4. The van der Waals surface area contributed by atoms with Crippen molar-refractivity contribution in [3.63, 3.8) is 0 Å². The molecular weight excluding hydrogens is 568 g/mol. The van der Waals surface area contributed by atoms with Crippen LogP contribution >= 0.6 is 0 Å². The number of carboxylic acid groups (broad SMARTS) is 2. The summed E-state index contributed by atoms with van der Waals surface area (Å²) >= 11 is 0. The molecule has 3 aromatic carbocycles. The number of rotatable bonds is 16. The second kappa shape index (κ2) is 16.4. The van der Waals surface area contributed by atoms with E-state index in [4.69, 9.17) is 10.8 Å². The third-order valence-electron chi connectivity index (χ3n) is 6.82. The van der Waals surface area contributed by atoms with Crippen LogP contribution in [-0.2, 0) is 43.2 Å². The maximum absolute atomic E-state index is 13.7. The molecule has 0 radical (unpaired) electrons. The van der Waals surface area contributed by atoms with Gasteiger partial charge in [-0.3, -0.25) is 19.2 Å². The van der Waals surface area contributed by atoms with Crippen molar-refractivity contribution in [3.05, 3.63) is 102 Å². The minimum absolute atomic E-state index is 0.00392. The van der Waals surface area contributed by atoms with Crippen LogP contribution in [0.2, 0.25) is 0 Å².